The first-order valence-corrected chi connectivity index (χ1v) is 5.38. The van der Waals surface area contributed by atoms with Crippen molar-refractivity contribution in [1.82, 2.24) is 10.2 Å². The maximum absolute atomic E-state index is 11.6. The number of likely N-dealkylation sites (tertiary alicyclic amines) is 1. The lowest BCUT2D eigenvalue weighted by Crippen LogP contribution is -2.45. The second-order valence-electron chi connectivity index (χ2n) is 3.83. The first-order valence-electron chi connectivity index (χ1n) is 5.38. The molecular weight excluding hydrogens is 230 g/mol. The highest BCUT2D eigenvalue weighted by atomic mass is 35.5. The number of nitrogens with two attached hydrogens (primary N) is 1. The fourth-order valence-electron chi connectivity index (χ4n) is 1.90. The Balaban J connectivity index is 0.00000225. The predicted octanol–water partition coefficient (Wildman–Crippen LogP) is -0.258. The van der Waals surface area contributed by atoms with Gasteiger partial charge >= 0.3 is 0 Å². The molecule has 0 aromatic carbocycles. The van der Waals surface area contributed by atoms with Gasteiger partial charge in [0, 0.05) is 33.1 Å². The van der Waals surface area contributed by atoms with Crippen LogP contribution in [0.3, 0.4) is 0 Å². The van der Waals surface area contributed by atoms with Gasteiger partial charge in [0.25, 0.3) is 0 Å². The molecule has 1 atom stereocenters. The molecule has 1 aliphatic heterocycles. The van der Waals surface area contributed by atoms with Gasteiger partial charge in [0.2, 0.25) is 11.8 Å². The number of hydrogen-bond acceptors (Lipinski definition) is 3. The van der Waals surface area contributed by atoms with Crippen molar-refractivity contribution in [1.29, 1.82) is 0 Å². The highest BCUT2D eigenvalue weighted by Gasteiger charge is 2.27. The molecule has 0 bridgehead atoms. The van der Waals surface area contributed by atoms with E-state index in [1.165, 1.54) is 0 Å². The van der Waals surface area contributed by atoms with Crippen LogP contribution in [0.4, 0.5) is 0 Å². The van der Waals surface area contributed by atoms with Crippen LogP contribution in [0.1, 0.15) is 19.3 Å². The topological polar surface area (TPSA) is 75.4 Å². The summed E-state index contributed by atoms with van der Waals surface area (Å²) in [4.78, 5) is 24.7. The molecule has 94 valence electrons. The average Bonchev–Trinajstić information content (AvgIpc) is 2.28. The summed E-state index contributed by atoms with van der Waals surface area (Å²) in [5, 5.41) is 2.62. The highest BCUT2D eigenvalue weighted by molar-refractivity contribution is 5.85. The van der Waals surface area contributed by atoms with Crippen LogP contribution in [0.2, 0.25) is 0 Å². The Morgan fingerprint density at radius 1 is 1.50 bits per heavy atom. The van der Waals surface area contributed by atoms with Gasteiger partial charge in [-0.25, -0.2) is 0 Å². The molecule has 6 heteroatoms. The van der Waals surface area contributed by atoms with Gasteiger partial charge in [0.1, 0.15) is 0 Å². The van der Waals surface area contributed by atoms with Gasteiger partial charge in [-0.2, -0.15) is 0 Å². The van der Waals surface area contributed by atoms with E-state index in [1.807, 2.05) is 0 Å². The van der Waals surface area contributed by atoms with Crippen LogP contribution >= 0.6 is 12.4 Å². The van der Waals surface area contributed by atoms with Crippen molar-refractivity contribution in [3.05, 3.63) is 0 Å². The first-order chi connectivity index (χ1) is 7.19. The standard InChI is InChI=1S/C10H19N3O2.ClH/c1-12-10(15)8-3-2-6-13(7-8)9(14)4-5-11;/h8H,2-7,11H2,1H3,(H,12,15);1H. The molecule has 1 unspecified atom stereocenters. The van der Waals surface area contributed by atoms with E-state index in [-0.39, 0.29) is 30.1 Å². The zero-order chi connectivity index (χ0) is 11.3. The Morgan fingerprint density at radius 2 is 2.19 bits per heavy atom. The number of hydrogen-bond donors (Lipinski definition) is 2. The van der Waals surface area contributed by atoms with E-state index in [2.05, 4.69) is 5.32 Å². The van der Waals surface area contributed by atoms with E-state index in [4.69, 9.17) is 5.73 Å². The lowest BCUT2D eigenvalue weighted by molar-refractivity contribution is -0.135. The van der Waals surface area contributed by atoms with Gasteiger partial charge in [-0.3, -0.25) is 9.59 Å². The van der Waals surface area contributed by atoms with Crippen LogP contribution in [0.25, 0.3) is 0 Å². The third kappa shape index (κ3) is 3.98. The molecule has 1 rings (SSSR count). The summed E-state index contributed by atoms with van der Waals surface area (Å²) in [6.45, 7) is 1.67. The molecule has 0 aromatic heterocycles. The van der Waals surface area contributed by atoms with Gasteiger partial charge < -0.3 is 16.0 Å². The maximum Gasteiger partial charge on any atom is 0.224 e. The van der Waals surface area contributed by atoms with E-state index in [0.29, 0.717) is 19.5 Å². The summed E-state index contributed by atoms with van der Waals surface area (Å²) in [7, 11) is 1.63. The molecule has 16 heavy (non-hydrogen) atoms. The Kier molecular flexibility index (Phi) is 7.08. The number of carbonyl (C=O) groups excluding carboxylic acids is 2. The zero-order valence-corrected chi connectivity index (χ0v) is 10.4. The minimum atomic E-state index is -0.0505. The van der Waals surface area contributed by atoms with Crippen LogP contribution < -0.4 is 11.1 Å². The van der Waals surface area contributed by atoms with Crippen molar-refractivity contribution in [3.63, 3.8) is 0 Å². The third-order valence-corrected chi connectivity index (χ3v) is 2.75. The van der Waals surface area contributed by atoms with E-state index in [1.54, 1.807) is 11.9 Å². The van der Waals surface area contributed by atoms with Crippen LogP contribution in [-0.2, 0) is 9.59 Å². The fraction of sp³-hybridized carbons (Fsp3) is 0.800. The summed E-state index contributed by atoms with van der Waals surface area (Å²) in [5.74, 6) is 0.0387. The molecule has 0 aromatic rings. The van der Waals surface area contributed by atoms with Crippen molar-refractivity contribution in [2.75, 3.05) is 26.7 Å². The summed E-state index contributed by atoms with van der Waals surface area (Å²) in [5.41, 5.74) is 5.33. The monoisotopic (exact) mass is 249 g/mol. The van der Waals surface area contributed by atoms with Crippen molar-refractivity contribution < 1.29 is 9.59 Å². The molecule has 1 aliphatic rings. The SMILES string of the molecule is CNC(=O)C1CCCN(C(=O)CCN)C1.Cl. The van der Waals surface area contributed by atoms with Crippen molar-refractivity contribution >= 4 is 24.2 Å². The summed E-state index contributed by atoms with van der Waals surface area (Å²) < 4.78 is 0. The van der Waals surface area contributed by atoms with Gasteiger partial charge in [-0.1, -0.05) is 0 Å². The van der Waals surface area contributed by atoms with Gasteiger partial charge in [0.05, 0.1) is 5.92 Å². The predicted molar refractivity (Wildman–Crippen MR) is 64.3 cm³/mol. The Labute approximate surface area is 102 Å². The quantitative estimate of drug-likeness (QED) is 0.724. The number of rotatable bonds is 3. The Bertz CT molecular complexity index is 248. The number of carbonyl (C=O) groups is 2. The molecular formula is C10H20ClN3O2. The highest BCUT2D eigenvalue weighted by Crippen LogP contribution is 2.16. The molecule has 0 spiro atoms. The lowest BCUT2D eigenvalue weighted by Gasteiger charge is -2.31. The van der Waals surface area contributed by atoms with Crippen molar-refractivity contribution in [3.8, 4) is 0 Å². The smallest absolute Gasteiger partial charge is 0.224 e. The van der Waals surface area contributed by atoms with Crippen LogP contribution in [0.15, 0.2) is 0 Å². The summed E-state index contributed by atoms with van der Waals surface area (Å²) in [6, 6.07) is 0. The molecule has 3 N–H and O–H groups in total. The Morgan fingerprint density at radius 3 is 2.75 bits per heavy atom. The molecule has 1 saturated heterocycles. The van der Waals surface area contributed by atoms with E-state index in [0.717, 1.165) is 19.4 Å². The van der Waals surface area contributed by atoms with Crippen LogP contribution in [-0.4, -0.2) is 43.4 Å². The zero-order valence-electron chi connectivity index (χ0n) is 9.57. The van der Waals surface area contributed by atoms with Crippen molar-refractivity contribution in [2.24, 2.45) is 11.7 Å². The molecule has 2 amide bonds. The molecule has 0 saturated carbocycles. The number of nitrogens with one attached hydrogen (secondary N) is 1. The number of amides is 2. The molecule has 1 fully saturated rings. The molecule has 0 radical (unpaired) electrons. The summed E-state index contributed by atoms with van der Waals surface area (Å²) >= 11 is 0. The number of nitrogens with zero attached hydrogens (tertiary/aromatic N) is 1. The van der Waals surface area contributed by atoms with Gasteiger partial charge in [-0.15, -0.1) is 12.4 Å². The number of piperidine rings is 1. The van der Waals surface area contributed by atoms with E-state index >= 15 is 0 Å². The largest absolute Gasteiger partial charge is 0.359 e. The minimum Gasteiger partial charge on any atom is -0.359 e. The first kappa shape index (κ1) is 15.2. The third-order valence-electron chi connectivity index (χ3n) is 2.75. The van der Waals surface area contributed by atoms with Gasteiger partial charge in [0.15, 0.2) is 0 Å². The minimum absolute atomic E-state index is 0. The average molecular weight is 250 g/mol. The van der Waals surface area contributed by atoms with Gasteiger partial charge in [-0.05, 0) is 12.8 Å². The van der Waals surface area contributed by atoms with Crippen LogP contribution in [0.5, 0.6) is 0 Å². The normalized spacial score (nSPS) is 19.9. The molecule has 0 aliphatic carbocycles. The fourth-order valence-corrected chi connectivity index (χ4v) is 1.90. The number of halogens is 1. The van der Waals surface area contributed by atoms with Crippen molar-refractivity contribution in [2.45, 2.75) is 19.3 Å². The van der Waals surface area contributed by atoms with E-state index in [9.17, 15) is 9.59 Å². The Hall–Kier alpha value is -0.810. The maximum atomic E-state index is 11.6. The second kappa shape index (κ2) is 7.46. The lowest BCUT2D eigenvalue weighted by atomic mass is 9.97. The van der Waals surface area contributed by atoms with Crippen LogP contribution in [0, 0.1) is 5.92 Å². The second-order valence-corrected chi connectivity index (χ2v) is 3.83. The molecule has 5 nitrogen and oxygen atoms in total. The van der Waals surface area contributed by atoms with E-state index < -0.39 is 0 Å². The molecule has 1 heterocycles. The summed E-state index contributed by atoms with van der Waals surface area (Å²) in [6.07, 6.45) is 2.14.